The predicted octanol–water partition coefficient (Wildman–Crippen LogP) is 2.62. The summed E-state index contributed by atoms with van der Waals surface area (Å²) in [4.78, 5) is 16.0. The molecule has 1 saturated heterocycles. The van der Waals surface area contributed by atoms with Crippen molar-refractivity contribution in [2.75, 3.05) is 26.2 Å². The molecule has 6 heteroatoms. The molecular formula is C25H35N3O3. The van der Waals surface area contributed by atoms with Gasteiger partial charge < -0.3 is 15.1 Å². The summed E-state index contributed by atoms with van der Waals surface area (Å²) in [5.41, 5.74) is 2.45. The minimum absolute atomic E-state index is 0.0582. The number of benzene rings is 1. The molecule has 4 atom stereocenters. The highest BCUT2D eigenvalue weighted by Gasteiger charge is 2.63. The van der Waals surface area contributed by atoms with Crippen LogP contribution in [0.4, 0.5) is 0 Å². The van der Waals surface area contributed by atoms with Crippen LogP contribution in [0, 0.1) is 23.2 Å². The fourth-order valence-corrected chi connectivity index (χ4v) is 7.60. The van der Waals surface area contributed by atoms with Crippen molar-refractivity contribution in [1.29, 1.82) is 0 Å². The maximum Gasteiger partial charge on any atom is 0.329 e. The van der Waals surface area contributed by atoms with E-state index in [2.05, 4.69) is 4.90 Å². The second-order valence-corrected chi connectivity index (χ2v) is 10.7. The number of para-hydroxylation sites is 2. The number of aliphatic hydroxyl groups excluding tert-OH is 2. The first kappa shape index (κ1) is 20.0. The standard InChI is InChI=1S/C25H35N3O3/c29-16-20(30)14-27-22-3-1-2-4-23(22)28(24(27)31)19-7-11-26(12-8-19)15-21-17-5-6-18(13-17)25(21)9-10-25/h1-4,17-21,29-30H,5-16H2/t17-,18-,20+,21+/m0/s1. The lowest BCUT2D eigenvalue weighted by Crippen LogP contribution is -2.42. The van der Waals surface area contributed by atoms with Gasteiger partial charge in [0.25, 0.3) is 0 Å². The van der Waals surface area contributed by atoms with Crippen molar-refractivity contribution < 1.29 is 10.2 Å². The zero-order valence-electron chi connectivity index (χ0n) is 18.3. The molecule has 2 aromatic rings. The molecule has 2 bridgehead atoms. The summed E-state index contributed by atoms with van der Waals surface area (Å²) in [5, 5.41) is 19.2. The number of hydrogen-bond acceptors (Lipinski definition) is 4. The summed E-state index contributed by atoms with van der Waals surface area (Å²) in [6.07, 6.45) is 8.48. The van der Waals surface area contributed by atoms with E-state index in [1.54, 1.807) is 4.57 Å². The number of fused-ring (bicyclic) bond motifs is 4. The average molecular weight is 426 g/mol. The summed E-state index contributed by atoms with van der Waals surface area (Å²) < 4.78 is 3.59. The molecule has 0 amide bonds. The van der Waals surface area contributed by atoms with Crippen LogP contribution in [0.5, 0.6) is 0 Å². The summed E-state index contributed by atoms with van der Waals surface area (Å²) >= 11 is 0. The van der Waals surface area contributed by atoms with Gasteiger partial charge in [-0.2, -0.15) is 0 Å². The number of hydrogen-bond donors (Lipinski definition) is 2. The molecule has 4 fully saturated rings. The van der Waals surface area contributed by atoms with Crippen molar-refractivity contribution in [3.63, 3.8) is 0 Å². The summed E-state index contributed by atoms with van der Waals surface area (Å²) in [6, 6.07) is 8.06. The van der Waals surface area contributed by atoms with Crippen molar-refractivity contribution in [3.05, 3.63) is 34.7 Å². The third kappa shape index (κ3) is 3.13. The number of aliphatic hydroxyl groups is 2. The van der Waals surface area contributed by atoms with Gasteiger partial charge in [0.1, 0.15) is 0 Å². The molecule has 6 nitrogen and oxygen atoms in total. The highest BCUT2D eigenvalue weighted by molar-refractivity contribution is 5.76. The van der Waals surface area contributed by atoms with Gasteiger partial charge in [-0.15, -0.1) is 0 Å². The Labute approximate surface area is 183 Å². The van der Waals surface area contributed by atoms with E-state index in [0.29, 0.717) is 0 Å². The zero-order valence-corrected chi connectivity index (χ0v) is 18.3. The molecule has 1 aromatic heterocycles. The van der Waals surface area contributed by atoms with Gasteiger partial charge in [-0.3, -0.25) is 9.13 Å². The van der Waals surface area contributed by atoms with E-state index < -0.39 is 6.10 Å². The Morgan fingerprint density at radius 2 is 1.81 bits per heavy atom. The van der Waals surface area contributed by atoms with Gasteiger partial charge in [-0.05, 0) is 80.2 Å². The maximum atomic E-state index is 13.3. The first-order valence-electron chi connectivity index (χ1n) is 12.3. The number of nitrogens with zero attached hydrogens (tertiary/aromatic N) is 3. The van der Waals surface area contributed by atoms with Crippen molar-refractivity contribution in [2.24, 2.45) is 23.2 Å². The van der Waals surface area contributed by atoms with Gasteiger partial charge in [-0.25, -0.2) is 4.79 Å². The molecule has 4 aliphatic rings. The Kier molecular flexibility index (Phi) is 4.82. The van der Waals surface area contributed by atoms with E-state index in [9.17, 15) is 15.0 Å². The summed E-state index contributed by atoms with van der Waals surface area (Å²) in [6.45, 7) is 3.20. The molecule has 1 aliphatic heterocycles. The summed E-state index contributed by atoms with van der Waals surface area (Å²) in [7, 11) is 0. The van der Waals surface area contributed by atoms with Gasteiger partial charge in [0, 0.05) is 25.7 Å². The lowest BCUT2D eigenvalue weighted by molar-refractivity contribution is 0.0806. The van der Waals surface area contributed by atoms with Crippen LogP contribution in [0.25, 0.3) is 11.0 Å². The Hall–Kier alpha value is -1.63. The van der Waals surface area contributed by atoms with Crippen LogP contribution >= 0.6 is 0 Å². The Bertz CT molecular complexity index is 1010. The van der Waals surface area contributed by atoms with Crippen molar-refractivity contribution >= 4 is 11.0 Å². The minimum atomic E-state index is -0.921. The monoisotopic (exact) mass is 425 g/mol. The molecule has 1 aromatic carbocycles. The molecule has 3 aliphatic carbocycles. The number of rotatable bonds is 6. The topological polar surface area (TPSA) is 70.6 Å². The van der Waals surface area contributed by atoms with Crippen molar-refractivity contribution in [1.82, 2.24) is 14.0 Å². The third-order valence-electron chi connectivity index (χ3n) is 9.27. The quantitative estimate of drug-likeness (QED) is 0.747. The molecule has 168 valence electrons. The van der Waals surface area contributed by atoms with E-state index in [-0.39, 0.29) is 24.9 Å². The average Bonchev–Trinajstić information content (AvgIpc) is 3.21. The van der Waals surface area contributed by atoms with Crippen LogP contribution in [0.3, 0.4) is 0 Å². The Morgan fingerprint density at radius 3 is 2.52 bits per heavy atom. The zero-order chi connectivity index (χ0) is 21.2. The fraction of sp³-hybridized carbons (Fsp3) is 0.720. The SMILES string of the molecule is O=c1n(C[C@@H](O)CO)c2ccccc2n1C1CCN(C[C@@H]2[C@H]3CC[C@@H](C3)C23CC3)CC1. The van der Waals surface area contributed by atoms with E-state index in [4.69, 9.17) is 0 Å². The lowest BCUT2D eigenvalue weighted by Gasteiger charge is -2.39. The number of likely N-dealkylation sites (tertiary alicyclic amines) is 1. The second-order valence-electron chi connectivity index (χ2n) is 10.7. The van der Waals surface area contributed by atoms with Gasteiger partial charge in [0.2, 0.25) is 0 Å². The Morgan fingerprint density at radius 1 is 1.06 bits per heavy atom. The van der Waals surface area contributed by atoms with Crippen LogP contribution in [0.15, 0.2) is 29.1 Å². The smallest absolute Gasteiger partial charge is 0.329 e. The van der Waals surface area contributed by atoms with E-state index in [1.807, 2.05) is 28.8 Å². The van der Waals surface area contributed by atoms with Gasteiger partial charge >= 0.3 is 5.69 Å². The third-order valence-corrected chi connectivity index (χ3v) is 9.27. The van der Waals surface area contributed by atoms with Gasteiger partial charge in [0.15, 0.2) is 0 Å². The first-order valence-corrected chi connectivity index (χ1v) is 12.3. The normalized spacial score (nSPS) is 31.1. The van der Waals surface area contributed by atoms with Crippen LogP contribution < -0.4 is 5.69 Å². The van der Waals surface area contributed by atoms with Gasteiger partial charge in [-0.1, -0.05) is 12.1 Å². The fourth-order valence-electron chi connectivity index (χ4n) is 7.60. The second kappa shape index (κ2) is 7.46. The predicted molar refractivity (Wildman–Crippen MR) is 120 cm³/mol. The van der Waals surface area contributed by atoms with Crippen molar-refractivity contribution in [3.8, 4) is 0 Å². The first-order chi connectivity index (χ1) is 15.1. The van der Waals surface area contributed by atoms with Crippen LogP contribution in [0.2, 0.25) is 0 Å². The van der Waals surface area contributed by atoms with Crippen molar-refractivity contribution in [2.45, 2.75) is 63.6 Å². The highest BCUT2D eigenvalue weighted by Crippen LogP contribution is 2.71. The molecule has 1 spiro atoms. The van der Waals surface area contributed by atoms with Crippen LogP contribution in [0.1, 0.15) is 51.0 Å². The molecule has 31 heavy (non-hydrogen) atoms. The minimum Gasteiger partial charge on any atom is -0.394 e. The molecule has 2 heterocycles. The molecule has 6 rings (SSSR count). The largest absolute Gasteiger partial charge is 0.394 e. The van der Waals surface area contributed by atoms with E-state index in [1.165, 1.54) is 38.6 Å². The van der Waals surface area contributed by atoms with Crippen LogP contribution in [-0.4, -0.2) is 56.6 Å². The highest BCUT2D eigenvalue weighted by atomic mass is 16.3. The maximum absolute atomic E-state index is 13.3. The molecule has 3 saturated carbocycles. The number of piperidine rings is 1. The summed E-state index contributed by atoms with van der Waals surface area (Å²) in [5.74, 6) is 2.93. The molecular weight excluding hydrogens is 390 g/mol. The van der Waals surface area contributed by atoms with E-state index >= 15 is 0 Å². The number of aromatic nitrogens is 2. The van der Waals surface area contributed by atoms with E-state index in [0.717, 1.165) is 60.1 Å². The Balaban J connectivity index is 1.19. The van der Waals surface area contributed by atoms with Gasteiger partial charge in [0.05, 0.1) is 30.3 Å². The van der Waals surface area contributed by atoms with Crippen LogP contribution in [-0.2, 0) is 6.54 Å². The lowest BCUT2D eigenvalue weighted by atomic mass is 9.76. The molecule has 0 radical (unpaired) electrons. The number of imidazole rings is 1. The molecule has 2 N–H and O–H groups in total. The molecule has 0 unspecified atom stereocenters.